The molecule has 4 aromatic carbocycles. The zero-order valence-electron chi connectivity index (χ0n) is 18.2. The number of benzene rings is 4. The molecule has 4 aromatic rings. The third-order valence-corrected chi connectivity index (χ3v) is 8.78. The maximum atomic E-state index is 13.9. The maximum absolute atomic E-state index is 13.9. The average molecular weight is 458 g/mol. The number of fused-ring (bicyclic) bond motifs is 3. The Balaban J connectivity index is 1.63. The predicted octanol–water partition coefficient (Wildman–Crippen LogP) is 6.07. The summed E-state index contributed by atoms with van der Waals surface area (Å²) in [5.74, 6) is 0. The number of unbranched alkanes of at least 4 members (excludes halogenated alkanes) is 1. The second-order valence-corrected chi connectivity index (χ2v) is 10.6. The van der Waals surface area contributed by atoms with Gasteiger partial charge in [0.2, 0.25) is 0 Å². The topological polar surface area (TPSA) is 63.7 Å². The molecule has 2 bridgehead atoms. The first kappa shape index (κ1) is 20.2. The minimum absolute atomic E-state index is 0.202. The molecule has 0 spiro atoms. The zero-order valence-corrected chi connectivity index (χ0v) is 19.0. The number of sulfonamides is 1. The van der Waals surface area contributed by atoms with Gasteiger partial charge in [-0.2, -0.15) is 4.31 Å². The molecule has 0 N–H and O–H groups in total. The van der Waals surface area contributed by atoms with Gasteiger partial charge < -0.3 is 4.74 Å². The first-order valence-electron chi connectivity index (χ1n) is 11.3. The van der Waals surface area contributed by atoms with E-state index in [-0.39, 0.29) is 6.61 Å². The van der Waals surface area contributed by atoms with Crippen LogP contribution in [-0.4, -0.2) is 25.4 Å². The molecule has 1 aliphatic carbocycles. The Morgan fingerprint density at radius 1 is 0.818 bits per heavy atom. The van der Waals surface area contributed by atoms with E-state index < -0.39 is 27.4 Å². The SMILES string of the molecule is CCCCOC(=O)N1C2c3cc4ccccc4cc3C(c3cc4ccccc4cc32)S1(=O)=O. The smallest absolute Gasteiger partial charge is 0.424 e. The maximum Gasteiger partial charge on any atom is 0.424 e. The molecular formula is C27H23NO4S. The first-order chi connectivity index (χ1) is 16.0. The number of ether oxygens (including phenoxy) is 1. The highest BCUT2D eigenvalue weighted by atomic mass is 32.2. The first-order valence-corrected chi connectivity index (χ1v) is 12.8. The van der Waals surface area contributed by atoms with Crippen molar-refractivity contribution in [1.82, 2.24) is 4.31 Å². The molecule has 2 aliphatic heterocycles. The van der Waals surface area contributed by atoms with E-state index in [1.807, 2.05) is 79.7 Å². The van der Waals surface area contributed by atoms with Crippen molar-refractivity contribution in [2.24, 2.45) is 0 Å². The fraction of sp³-hybridized carbons (Fsp3) is 0.222. The van der Waals surface area contributed by atoms with Crippen LogP contribution in [0.3, 0.4) is 0 Å². The molecule has 7 rings (SSSR count). The van der Waals surface area contributed by atoms with Crippen LogP contribution >= 0.6 is 0 Å². The summed E-state index contributed by atoms with van der Waals surface area (Å²) in [7, 11) is -4.01. The average Bonchev–Trinajstić information content (AvgIpc) is 2.81. The Hall–Kier alpha value is -3.38. The molecule has 33 heavy (non-hydrogen) atoms. The molecule has 0 fully saturated rings. The number of carbonyl (C=O) groups is 1. The Labute approximate surface area is 192 Å². The molecule has 0 radical (unpaired) electrons. The third-order valence-electron chi connectivity index (χ3n) is 6.77. The summed E-state index contributed by atoms with van der Waals surface area (Å²) in [6.45, 7) is 2.20. The number of amides is 1. The van der Waals surface area contributed by atoms with Crippen LogP contribution in [0.25, 0.3) is 21.5 Å². The van der Waals surface area contributed by atoms with E-state index in [9.17, 15) is 13.2 Å². The van der Waals surface area contributed by atoms with Gasteiger partial charge in [0.05, 0.1) is 6.61 Å². The fourth-order valence-corrected chi connectivity index (χ4v) is 7.28. The monoisotopic (exact) mass is 457 g/mol. The lowest BCUT2D eigenvalue weighted by Gasteiger charge is -2.46. The van der Waals surface area contributed by atoms with Crippen LogP contribution in [0.15, 0.2) is 72.8 Å². The van der Waals surface area contributed by atoms with Gasteiger partial charge in [0, 0.05) is 0 Å². The van der Waals surface area contributed by atoms with Crippen LogP contribution in [0.2, 0.25) is 0 Å². The van der Waals surface area contributed by atoms with Gasteiger partial charge in [0.1, 0.15) is 11.3 Å². The van der Waals surface area contributed by atoms with Crippen molar-refractivity contribution in [2.45, 2.75) is 31.1 Å². The van der Waals surface area contributed by atoms with Gasteiger partial charge in [-0.05, 0) is 74.5 Å². The molecule has 5 nitrogen and oxygen atoms in total. The molecule has 166 valence electrons. The highest BCUT2D eigenvalue weighted by Crippen LogP contribution is 2.56. The lowest BCUT2D eigenvalue weighted by atomic mass is 9.79. The van der Waals surface area contributed by atoms with E-state index in [2.05, 4.69) is 0 Å². The van der Waals surface area contributed by atoms with Crippen molar-refractivity contribution in [3.63, 3.8) is 0 Å². The molecule has 0 saturated carbocycles. The highest BCUT2D eigenvalue weighted by Gasteiger charge is 2.55. The molecule has 0 atom stereocenters. The Bertz CT molecular complexity index is 1460. The van der Waals surface area contributed by atoms with Gasteiger partial charge in [0.15, 0.2) is 0 Å². The second kappa shape index (κ2) is 7.32. The number of hydrogen-bond donors (Lipinski definition) is 0. The number of hydrogen-bond acceptors (Lipinski definition) is 4. The van der Waals surface area contributed by atoms with Crippen molar-refractivity contribution in [3.8, 4) is 0 Å². The summed E-state index contributed by atoms with van der Waals surface area (Å²) in [5.41, 5.74) is 3.20. The Kier molecular flexibility index (Phi) is 4.49. The Morgan fingerprint density at radius 3 is 1.73 bits per heavy atom. The lowest BCUT2D eigenvalue weighted by molar-refractivity contribution is 0.116. The molecule has 0 saturated heterocycles. The zero-order chi connectivity index (χ0) is 22.7. The predicted molar refractivity (Wildman–Crippen MR) is 129 cm³/mol. The van der Waals surface area contributed by atoms with Gasteiger partial charge >= 0.3 is 6.09 Å². The van der Waals surface area contributed by atoms with Crippen molar-refractivity contribution >= 4 is 37.7 Å². The van der Waals surface area contributed by atoms with E-state index in [0.717, 1.165) is 54.5 Å². The summed E-state index contributed by atoms with van der Waals surface area (Å²) in [6.07, 6.45) is 0.752. The van der Waals surface area contributed by atoms with Gasteiger partial charge in [-0.15, -0.1) is 0 Å². The van der Waals surface area contributed by atoms with Crippen LogP contribution < -0.4 is 0 Å². The lowest BCUT2D eigenvalue weighted by Crippen LogP contribution is -2.50. The van der Waals surface area contributed by atoms with Crippen molar-refractivity contribution in [3.05, 3.63) is 95.1 Å². The van der Waals surface area contributed by atoms with E-state index in [0.29, 0.717) is 6.42 Å². The molecule has 0 aromatic heterocycles. The van der Waals surface area contributed by atoms with E-state index >= 15 is 0 Å². The Morgan fingerprint density at radius 2 is 1.27 bits per heavy atom. The summed E-state index contributed by atoms with van der Waals surface area (Å²) in [5, 5.41) is 3.06. The van der Waals surface area contributed by atoms with Crippen LogP contribution in [0.1, 0.15) is 53.3 Å². The van der Waals surface area contributed by atoms with Gasteiger partial charge in [-0.25, -0.2) is 13.2 Å². The summed E-state index contributed by atoms with van der Waals surface area (Å²) < 4.78 is 34.2. The van der Waals surface area contributed by atoms with Crippen molar-refractivity contribution in [2.75, 3.05) is 6.61 Å². The summed E-state index contributed by atoms with van der Waals surface area (Å²) in [4.78, 5) is 13.1. The van der Waals surface area contributed by atoms with E-state index in [1.165, 1.54) is 0 Å². The molecule has 1 amide bonds. The van der Waals surface area contributed by atoms with Crippen LogP contribution in [-0.2, 0) is 14.8 Å². The summed E-state index contributed by atoms with van der Waals surface area (Å²) in [6, 6.07) is 23.1. The fourth-order valence-electron chi connectivity index (χ4n) is 5.22. The molecular weight excluding hydrogens is 434 g/mol. The van der Waals surface area contributed by atoms with Crippen molar-refractivity contribution in [1.29, 1.82) is 0 Å². The molecule has 6 heteroatoms. The number of carbonyl (C=O) groups excluding carboxylic acids is 1. The quantitative estimate of drug-likeness (QED) is 0.351. The minimum atomic E-state index is -4.01. The van der Waals surface area contributed by atoms with Gasteiger partial charge in [-0.1, -0.05) is 61.9 Å². The van der Waals surface area contributed by atoms with E-state index in [4.69, 9.17) is 4.74 Å². The largest absolute Gasteiger partial charge is 0.449 e. The number of nitrogens with zero attached hydrogens (tertiary/aromatic N) is 1. The number of rotatable bonds is 3. The molecule has 0 unspecified atom stereocenters. The highest BCUT2D eigenvalue weighted by molar-refractivity contribution is 7.90. The summed E-state index contributed by atoms with van der Waals surface area (Å²) >= 11 is 0. The van der Waals surface area contributed by atoms with Crippen molar-refractivity contribution < 1.29 is 17.9 Å². The third kappa shape index (κ3) is 2.90. The minimum Gasteiger partial charge on any atom is -0.449 e. The molecule has 3 aliphatic rings. The van der Waals surface area contributed by atoms with Gasteiger partial charge in [0.25, 0.3) is 10.0 Å². The van der Waals surface area contributed by atoms with Crippen LogP contribution in [0.5, 0.6) is 0 Å². The molecule has 2 heterocycles. The van der Waals surface area contributed by atoms with Crippen LogP contribution in [0, 0.1) is 0 Å². The normalized spacial score (nSPS) is 20.0. The van der Waals surface area contributed by atoms with Gasteiger partial charge in [-0.3, -0.25) is 0 Å². The standard InChI is InChI=1S/C27H23NO4S/c1-2-3-12-32-27(29)28-25-21-13-17-8-4-6-10-19(17)15-23(21)26(33(28,30)31)24-16-20-11-7-5-9-18(20)14-22(24)25/h4-11,13-16,25-26H,2-3,12H2,1H3. The van der Waals surface area contributed by atoms with Crippen LogP contribution in [0.4, 0.5) is 4.79 Å². The van der Waals surface area contributed by atoms with E-state index in [1.54, 1.807) is 0 Å². The second-order valence-electron chi connectivity index (χ2n) is 8.75.